The smallest absolute Gasteiger partial charge is 0.228 e. The summed E-state index contributed by atoms with van der Waals surface area (Å²) in [6.07, 6.45) is 5.27. The van der Waals surface area contributed by atoms with Gasteiger partial charge < -0.3 is 10.3 Å². The van der Waals surface area contributed by atoms with Crippen LogP contribution in [0, 0.1) is 0 Å². The molecule has 1 aromatic carbocycles. The lowest BCUT2D eigenvalue weighted by Gasteiger charge is -2.03. The van der Waals surface area contributed by atoms with Crippen LogP contribution in [0.2, 0.25) is 0 Å². The van der Waals surface area contributed by atoms with Crippen LogP contribution in [-0.4, -0.2) is 15.0 Å². The molecule has 6 bridgehead atoms. The summed E-state index contributed by atoms with van der Waals surface area (Å²) in [5.41, 5.74) is 2.98. The molecule has 4 rings (SSSR count). The number of hydrogen-bond acceptors (Lipinski definition) is 4. The molecule has 0 atom stereocenters. The maximum Gasteiger partial charge on any atom is 0.228 e. The molecule has 2 aromatic rings. The van der Waals surface area contributed by atoms with E-state index in [4.69, 9.17) is 11.6 Å². The van der Waals surface area contributed by atoms with Crippen LogP contribution in [0.5, 0.6) is 0 Å². The topological polar surface area (TPSA) is 66.0 Å². The Morgan fingerprint density at radius 3 is 2.91 bits per heavy atom. The van der Waals surface area contributed by atoms with Gasteiger partial charge in [-0.1, -0.05) is 29.8 Å². The molecular weight excluding hydrogens is 310 g/mol. The zero-order valence-corrected chi connectivity index (χ0v) is 12.7. The Bertz CT molecular complexity index is 1020. The molecule has 0 radical (unpaired) electrons. The Kier molecular flexibility index (Phi) is 3.40. The molecule has 2 aliphatic heterocycles. The van der Waals surface area contributed by atoms with E-state index in [-0.39, 0.29) is 0 Å². The van der Waals surface area contributed by atoms with Crippen molar-refractivity contribution in [1.29, 1.82) is 0 Å². The molecule has 0 saturated carbocycles. The molecule has 0 unspecified atom stereocenters. The molecule has 5 nitrogen and oxygen atoms in total. The van der Waals surface area contributed by atoms with E-state index in [1.54, 1.807) is 6.20 Å². The monoisotopic (exact) mass is 321 g/mol. The number of halogens is 1. The van der Waals surface area contributed by atoms with Crippen LogP contribution in [0.3, 0.4) is 0 Å². The maximum atomic E-state index is 6.18. The molecule has 3 heterocycles. The van der Waals surface area contributed by atoms with Crippen molar-refractivity contribution in [3.8, 4) is 0 Å². The number of nitrogens with one attached hydrogen (secondary N) is 2. The third kappa shape index (κ3) is 3.00. The molecule has 112 valence electrons. The number of rotatable bonds is 0. The zero-order valence-electron chi connectivity index (χ0n) is 12.0. The van der Waals surface area contributed by atoms with Crippen LogP contribution < -0.4 is 10.9 Å². The molecular formula is C17H12ClN5. The minimum absolute atomic E-state index is 0.446. The van der Waals surface area contributed by atoms with E-state index in [9.17, 15) is 0 Å². The Morgan fingerprint density at radius 2 is 1.96 bits per heavy atom. The second kappa shape index (κ2) is 5.70. The van der Waals surface area contributed by atoms with Crippen molar-refractivity contribution in [2.24, 2.45) is 4.99 Å². The summed E-state index contributed by atoms with van der Waals surface area (Å²) in [5.74, 6) is 0.531. The van der Waals surface area contributed by atoms with Crippen LogP contribution in [0.1, 0.15) is 11.5 Å². The summed E-state index contributed by atoms with van der Waals surface area (Å²) in [7, 11) is 0. The zero-order chi connectivity index (χ0) is 15.6. The second-order valence-corrected chi connectivity index (χ2v) is 5.46. The summed E-state index contributed by atoms with van der Waals surface area (Å²) in [6, 6.07) is 13.8. The van der Waals surface area contributed by atoms with Gasteiger partial charge in [0.15, 0.2) is 5.82 Å². The number of fused-ring (bicyclic) bond motifs is 6. The molecule has 0 aliphatic carbocycles. The van der Waals surface area contributed by atoms with Crippen LogP contribution in [0.15, 0.2) is 59.9 Å². The number of nitrogens with zero attached hydrogens (tertiary/aromatic N) is 3. The second-order valence-electron chi connectivity index (χ2n) is 5.06. The Morgan fingerprint density at radius 1 is 1.00 bits per heavy atom. The Labute approximate surface area is 137 Å². The Balaban J connectivity index is 2.13. The van der Waals surface area contributed by atoms with Gasteiger partial charge in [0.05, 0.1) is 17.4 Å². The van der Waals surface area contributed by atoms with Gasteiger partial charge in [-0.3, -0.25) is 0 Å². The van der Waals surface area contributed by atoms with Gasteiger partial charge in [-0.05, 0) is 35.7 Å². The van der Waals surface area contributed by atoms with E-state index in [1.165, 1.54) is 0 Å². The molecule has 0 fully saturated rings. The quantitative estimate of drug-likeness (QED) is 0.780. The number of hydrogen-bond donors (Lipinski definition) is 2. The fourth-order valence-electron chi connectivity index (χ4n) is 2.29. The summed E-state index contributed by atoms with van der Waals surface area (Å²) in [4.78, 5) is 16.3. The van der Waals surface area contributed by atoms with Crippen LogP contribution in [0.25, 0.3) is 22.0 Å². The van der Waals surface area contributed by atoms with Gasteiger partial charge in [0.25, 0.3) is 0 Å². The number of aromatic nitrogens is 3. The normalized spacial score (nSPS) is 13.3. The first-order valence-electron chi connectivity index (χ1n) is 7.07. The van der Waals surface area contributed by atoms with Gasteiger partial charge >= 0.3 is 0 Å². The summed E-state index contributed by atoms with van der Waals surface area (Å²) >= 11 is 6.18. The van der Waals surface area contributed by atoms with Crippen LogP contribution in [0.4, 0.5) is 5.69 Å². The first-order chi connectivity index (χ1) is 11.3. The molecule has 0 saturated heterocycles. The average molecular weight is 322 g/mol. The first kappa shape index (κ1) is 13.7. The van der Waals surface area contributed by atoms with E-state index in [2.05, 4.69) is 25.3 Å². The molecule has 6 heteroatoms. The molecule has 23 heavy (non-hydrogen) atoms. The highest BCUT2D eigenvalue weighted by atomic mass is 35.5. The van der Waals surface area contributed by atoms with Gasteiger partial charge in [-0.2, -0.15) is 0 Å². The molecule has 1 aromatic heterocycles. The minimum Gasteiger partial charge on any atom is -0.362 e. The van der Waals surface area contributed by atoms with Gasteiger partial charge in [0.2, 0.25) is 5.62 Å². The first-order valence-corrected chi connectivity index (χ1v) is 7.45. The van der Waals surface area contributed by atoms with Gasteiger partial charge in [0.1, 0.15) is 5.03 Å². The van der Waals surface area contributed by atoms with Crippen molar-refractivity contribution in [2.45, 2.75) is 0 Å². The predicted octanol–water partition coefficient (Wildman–Crippen LogP) is 3.49. The largest absolute Gasteiger partial charge is 0.362 e. The fourth-order valence-corrected chi connectivity index (χ4v) is 2.43. The van der Waals surface area contributed by atoms with Gasteiger partial charge in [0, 0.05) is 11.9 Å². The van der Waals surface area contributed by atoms with Gasteiger partial charge in [-0.15, -0.1) is 0 Å². The lowest BCUT2D eigenvalue weighted by molar-refractivity contribution is 0.973. The predicted molar refractivity (Wildman–Crippen MR) is 92.4 cm³/mol. The number of aromatic amines is 1. The van der Waals surface area contributed by atoms with E-state index < -0.39 is 0 Å². The van der Waals surface area contributed by atoms with Crippen LogP contribution in [-0.2, 0) is 0 Å². The highest BCUT2D eigenvalue weighted by molar-refractivity contribution is 6.48. The van der Waals surface area contributed by atoms with Crippen molar-refractivity contribution in [2.75, 3.05) is 5.32 Å². The maximum absolute atomic E-state index is 6.18. The van der Waals surface area contributed by atoms with E-state index in [0.29, 0.717) is 16.5 Å². The third-order valence-corrected chi connectivity index (χ3v) is 3.64. The number of H-pyrrole nitrogens is 1. The van der Waals surface area contributed by atoms with E-state index in [0.717, 1.165) is 22.3 Å². The lowest BCUT2D eigenvalue weighted by Crippen LogP contribution is -2.15. The van der Waals surface area contributed by atoms with Crippen molar-refractivity contribution in [1.82, 2.24) is 15.0 Å². The van der Waals surface area contributed by atoms with Crippen molar-refractivity contribution in [3.05, 3.63) is 72.0 Å². The average Bonchev–Trinajstić information content (AvgIpc) is 2.57. The molecule has 2 N–H and O–H groups in total. The highest BCUT2D eigenvalue weighted by Crippen LogP contribution is 2.16. The summed E-state index contributed by atoms with van der Waals surface area (Å²) in [6.45, 7) is 0. The molecule has 0 spiro atoms. The third-order valence-electron chi connectivity index (χ3n) is 3.37. The standard InChI is InChI=1S/C17H12ClN5/c18-15-10-20-17-22-14-6-7-19-12(9-14)5-4-11-2-1-3-13(8-11)21-16(15)23-17/h1-10,19H,(H,20,21,23). The van der Waals surface area contributed by atoms with Crippen LogP contribution >= 0.6 is 11.6 Å². The Hall–Kier alpha value is -2.92. The SMILES string of the molecule is ClC1=CN=c2nc3cc(ccc4cccc(c4)nc1[nH]2)NC=C3. The number of anilines is 1. The van der Waals surface area contributed by atoms with Crippen molar-refractivity contribution in [3.63, 3.8) is 0 Å². The highest BCUT2D eigenvalue weighted by Gasteiger charge is 2.03. The fraction of sp³-hybridized carbons (Fsp3) is 0. The summed E-state index contributed by atoms with van der Waals surface area (Å²) in [5, 5.41) is 4.67. The summed E-state index contributed by atoms with van der Waals surface area (Å²) < 4.78 is 0. The van der Waals surface area contributed by atoms with Crippen molar-refractivity contribution < 1.29 is 0 Å². The minimum atomic E-state index is 0.446. The van der Waals surface area contributed by atoms with E-state index >= 15 is 0 Å². The van der Waals surface area contributed by atoms with Gasteiger partial charge in [-0.25, -0.2) is 15.0 Å². The van der Waals surface area contributed by atoms with E-state index in [1.807, 2.05) is 54.7 Å². The lowest BCUT2D eigenvalue weighted by atomic mass is 10.2. The number of benzene rings is 1. The molecule has 2 aliphatic rings. The van der Waals surface area contributed by atoms with Crippen molar-refractivity contribution >= 4 is 39.3 Å². The molecule has 0 amide bonds.